The van der Waals surface area contributed by atoms with Gasteiger partial charge in [-0.1, -0.05) is 6.07 Å². The fraction of sp³-hybridized carbons (Fsp3) is 0.500. The van der Waals surface area contributed by atoms with Crippen LogP contribution in [0.15, 0.2) is 29.3 Å². The first-order valence-corrected chi connectivity index (χ1v) is 7.27. The van der Waals surface area contributed by atoms with Gasteiger partial charge in [-0.25, -0.2) is 4.99 Å². The van der Waals surface area contributed by atoms with Crippen LogP contribution in [0.2, 0.25) is 0 Å². The molecule has 0 spiro atoms. The first kappa shape index (κ1) is 17.0. The number of hydrogen-bond donors (Lipinski definition) is 0. The minimum Gasteiger partial charge on any atom is -0.486 e. The zero-order valence-electron chi connectivity index (χ0n) is 13.0. The van der Waals surface area contributed by atoms with Gasteiger partial charge in [-0.15, -0.1) is 0 Å². The van der Waals surface area contributed by atoms with Crippen molar-refractivity contribution in [2.45, 2.75) is 26.7 Å². The number of hydrogen-bond acceptors (Lipinski definition) is 5. The normalized spacial score (nSPS) is 10.6. The topological polar surface area (TPSA) is 51.1 Å². The number of aliphatic imine (C=N–C) groups is 1. The van der Waals surface area contributed by atoms with Gasteiger partial charge in [-0.3, -0.25) is 4.79 Å². The van der Waals surface area contributed by atoms with E-state index < -0.39 is 0 Å². The Morgan fingerprint density at radius 2 is 2.19 bits per heavy atom. The maximum absolute atomic E-state index is 11.3. The van der Waals surface area contributed by atoms with Gasteiger partial charge in [0.1, 0.15) is 0 Å². The van der Waals surface area contributed by atoms with E-state index in [9.17, 15) is 4.79 Å². The summed E-state index contributed by atoms with van der Waals surface area (Å²) in [5, 5.41) is 0. The molecule has 0 saturated carbocycles. The van der Waals surface area contributed by atoms with Crippen LogP contribution in [0.25, 0.3) is 0 Å². The van der Waals surface area contributed by atoms with Crippen LogP contribution in [0, 0.1) is 0 Å². The van der Waals surface area contributed by atoms with Crippen LogP contribution in [0.1, 0.15) is 26.7 Å². The van der Waals surface area contributed by atoms with Crippen LogP contribution < -0.4 is 4.90 Å². The zero-order valence-corrected chi connectivity index (χ0v) is 13.0. The minimum absolute atomic E-state index is 0.132. The van der Waals surface area contributed by atoms with Crippen LogP contribution in [-0.4, -0.2) is 39.2 Å². The molecule has 1 aromatic carbocycles. The Morgan fingerprint density at radius 3 is 2.86 bits per heavy atom. The highest BCUT2D eigenvalue weighted by Crippen LogP contribution is 2.21. The summed E-state index contributed by atoms with van der Waals surface area (Å²) in [6.45, 7) is 6.04. The van der Waals surface area contributed by atoms with Crippen molar-refractivity contribution in [2.75, 3.05) is 31.7 Å². The smallest absolute Gasteiger partial charge is 0.305 e. The molecule has 0 saturated heterocycles. The molecule has 5 heteroatoms. The van der Waals surface area contributed by atoms with E-state index in [1.54, 1.807) is 7.11 Å². The third-order valence-electron chi connectivity index (χ3n) is 3.00. The number of rotatable bonds is 9. The average molecular weight is 292 g/mol. The molecular formula is C16H24N2O3. The molecule has 0 atom stereocenters. The molecule has 1 aromatic rings. The fourth-order valence-electron chi connectivity index (χ4n) is 2.00. The molecule has 0 heterocycles. The van der Waals surface area contributed by atoms with E-state index >= 15 is 0 Å². The zero-order chi connectivity index (χ0) is 15.5. The lowest BCUT2D eigenvalue weighted by Gasteiger charge is -2.23. The Morgan fingerprint density at radius 1 is 1.38 bits per heavy atom. The molecule has 0 aliphatic rings. The number of benzene rings is 1. The second-order valence-corrected chi connectivity index (χ2v) is 4.48. The standard InChI is InChI=1S/C16H24N2O3/c1-4-18(11-7-10-16(19)21-5-2)15-9-6-8-14(12-15)17-13-20-3/h6,8-9,12-13H,4-5,7,10-11H2,1-3H3. The minimum atomic E-state index is -0.132. The number of esters is 1. The molecule has 1 rings (SSSR count). The number of carbonyl (C=O) groups is 1. The number of methoxy groups -OCH3 is 1. The Hall–Kier alpha value is -2.04. The highest BCUT2D eigenvalue weighted by molar-refractivity contribution is 5.69. The lowest BCUT2D eigenvalue weighted by atomic mass is 10.2. The summed E-state index contributed by atoms with van der Waals surface area (Å²) in [5.41, 5.74) is 1.94. The van der Waals surface area contributed by atoms with E-state index in [4.69, 9.17) is 9.47 Å². The predicted octanol–water partition coefficient (Wildman–Crippen LogP) is 3.16. The third kappa shape index (κ3) is 6.29. The van der Waals surface area contributed by atoms with Crippen molar-refractivity contribution in [1.29, 1.82) is 0 Å². The second-order valence-electron chi connectivity index (χ2n) is 4.48. The van der Waals surface area contributed by atoms with Gasteiger partial charge in [0, 0.05) is 25.2 Å². The molecule has 0 radical (unpaired) electrons. The summed E-state index contributed by atoms with van der Waals surface area (Å²) < 4.78 is 9.77. The van der Waals surface area contributed by atoms with Gasteiger partial charge < -0.3 is 14.4 Å². The van der Waals surface area contributed by atoms with Gasteiger partial charge in [-0.2, -0.15) is 0 Å². The maximum Gasteiger partial charge on any atom is 0.305 e. The molecule has 21 heavy (non-hydrogen) atoms. The lowest BCUT2D eigenvalue weighted by Crippen LogP contribution is -2.24. The molecule has 116 valence electrons. The van der Waals surface area contributed by atoms with Crippen LogP contribution in [0.3, 0.4) is 0 Å². The monoisotopic (exact) mass is 292 g/mol. The Kier molecular flexibility index (Phi) is 7.94. The van der Waals surface area contributed by atoms with Crippen molar-refractivity contribution >= 4 is 23.7 Å². The van der Waals surface area contributed by atoms with Gasteiger partial charge in [0.15, 0.2) is 6.40 Å². The second kappa shape index (κ2) is 9.80. The van der Waals surface area contributed by atoms with Gasteiger partial charge in [0.05, 0.1) is 19.4 Å². The molecule has 0 amide bonds. The van der Waals surface area contributed by atoms with E-state index in [2.05, 4.69) is 16.8 Å². The molecule has 0 aliphatic carbocycles. The van der Waals surface area contributed by atoms with Crippen LogP contribution in [0.4, 0.5) is 11.4 Å². The first-order valence-electron chi connectivity index (χ1n) is 7.27. The largest absolute Gasteiger partial charge is 0.486 e. The predicted molar refractivity (Wildman–Crippen MR) is 85.4 cm³/mol. The van der Waals surface area contributed by atoms with E-state index in [-0.39, 0.29) is 5.97 Å². The molecule has 0 unspecified atom stereocenters. The van der Waals surface area contributed by atoms with Crippen molar-refractivity contribution in [3.63, 3.8) is 0 Å². The number of ether oxygens (including phenoxy) is 2. The summed E-state index contributed by atoms with van der Waals surface area (Å²) in [5.74, 6) is -0.132. The summed E-state index contributed by atoms with van der Waals surface area (Å²) in [6.07, 6.45) is 2.64. The molecule has 0 aromatic heterocycles. The molecule has 5 nitrogen and oxygen atoms in total. The summed E-state index contributed by atoms with van der Waals surface area (Å²) in [7, 11) is 1.57. The van der Waals surface area contributed by atoms with E-state index in [0.29, 0.717) is 13.0 Å². The molecule has 0 aliphatic heterocycles. The van der Waals surface area contributed by atoms with Crippen molar-refractivity contribution in [3.05, 3.63) is 24.3 Å². The summed E-state index contributed by atoms with van der Waals surface area (Å²) in [6, 6.07) is 7.93. The first-order chi connectivity index (χ1) is 10.2. The SMILES string of the molecule is CCOC(=O)CCCN(CC)c1cccc(N=COC)c1. The number of nitrogens with zero attached hydrogens (tertiary/aromatic N) is 2. The maximum atomic E-state index is 11.3. The van der Waals surface area contributed by atoms with Crippen molar-refractivity contribution in [3.8, 4) is 0 Å². The van der Waals surface area contributed by atoms with Crippen LogP contribution >= 0.6 is 0 Å². The van der Waals surface area contributed by atoms with E-state index in [1.165, 1.54) is 6.40 Å². The van der Waals surface area contributed by atoms with Crippen LogP contribution in [0.5, 0.6) is 0 Å². The third-order valence-corrected chi connectivity index (χ3v) is 3.00. The fourth-order valence-corrected chi connectivity index (χ4v) is 2.00. The molecule has 0 bridgehead atoms. The van der Waals surface area contributed by atoms with Crippen molar-refractivity contribution < 1.29 is 14.3 Å². The summed E-state index contributed by atoms with van der Waals surface area (Å²) in [4.78, 5) is 17.7. The van der Waals surface area contributed by atoms with E-state index in [0.717, 1.165) is 30.9 Å². The Balaban J connectivity index is 2.59. The Bertz CT molecular complexity index is 461. The van der Waals surface area contributed by atoms with E-state index in [1.807, 2.05) is 31.2 Å². The lowest BCUT2D eigenvalue weighted by molar-refractivity contribution is -0.143. The van der Waals surface area contributed by atoms with Gasteiger partial charge in [-0.05, 0) is 38.5 Å². The number of anilines is 1. The summed E-state index contributed by atoms with van der Waals surface area (Å²) >= 11 is 0. The van der Waals surface area contributed by atoms with Gasteiger partial charge in [0.2, 0.25) is 0 Å². The highest BCUT2D eigenvalue weighted by atomic mass is 16.5. The van der Waals surface area contributed by atoms with Gasteiger partial charge in [0.25, 0.3) is 0 Å². The van der Waals surface area contributed by atoms with Gasteiger partial charge >= 0.3 is 5.97 Å². The van der Waals surface area contributed by atoms with Crippen molar-refractivity contribution in [2.24, 2.45) is 4.99 Å². The highest BCUT2D eigenvalue weighted by Gasteiger charge is 2.07. The van der Waals surface area contributed by atoms with Crippen molar-refractivity contribution in [1.82, 2.24) is 0 Å². The molecular weight excluding hydrogens is 268 g/mol. The molecule has 0 N–H and O–H groups in total. The number of carbonyl (C=O) groups excluding carboxylic acids is 1. The van der Waals surface area contributed by atoms with Crippen LogP contribution in [-0.2, 0) is 14.3 Å². The average Bonchev–Trinajstić information content (AvgIpc) is 2.50. The Labute approximate surface area is 126 Å². The quantitative estimate of drug-likeness (QED) is 0.398. The molecule has 0 fully saturated rings.